The summed E-state index contributed by atoms with van der Waals surface area (Å²) >= 11 is 0. The highest BCUT2D eigenvalue weighted by Gasteiger charge is 2.05. The summed E-state index contributed by atoms with van der Waals surface area (Å²) < 4.78 is 12.9. The summed E-state index contributed by atoms with van der Waals surface area (Å²) in [4.78, 5) is 10.7. The first-order valence-corrected chi connectivity index (χ1v) is 4.90. The third-order valence-electron chi connectivity index (χ3n) is 2.41. The van der Waals surface area contributed by atoms with Gasteiger partial charge in [-0.1, -0.05) is 18.2 Å². The molecule has 0 fully saturated rings. The first-order valence-electron chi connectivity index (χ1n) is 4.90. The molecule has 2 rings (SSSR count). The van der Waals surface area contributed by atoms with Crippen LogP contribution in [-0.2, 0) is 0 Å². The highest BCUT2D eigenvalue weighted by atomic mass is 19.1. The number of hydrogen-bond acceptors (Lipinski definition) is 2. The van der Waals surface area contributed by atoms with Crippen molar-refractivity contribution in [3.8, 4) is 16.9 Å². The first-order chi connectivity index (χ1) is 8.08. The minimum Gasteiger partial charge on any atom is -0.505 e. The summed E-state index contributed by atoms with van der Waals surface area (Å²) in [5.74, 6) is -2.11. The van der Waals surface area contributed by atoms with Crippen molar-refractivity contribution in [3.63, 3.8) is 0 Å². The van der Waals surface area contributed by atoms with Crippen LogP contribution in [0.2, 0.25) is 0 Å². The van der Waals surface area contributed by atoms with E-state index in [4.69, 9.17) is 5.11 Å². The highest BCUT2D eigenvalue weighted by molar-refractivity contribution is 5.88. The summed E-state index contributed by atoms with van der Waals surface area (Å²) in [7, 11) is 0. The lowest BCUT2D eigenvalue weighted by molar-refractivity contribution is 0.0697. The van der Waals surface area contributed by atoms with E-state index >= 15 is 0 Å². The Morgan fingerprint density at radius 1 is 1.00 bits per heavy atom. The Balaban J connectivity index is 2.39. The summed E-state index contributed by atoms with van der Waals surface area (Å²) in [5.41, 5.74) is 1.52. The van der Waals surface area contributed by atoms with Crippen molar-refractivity contribution in [2.24, 2.45) is 0 Å². The van der Waals surface area contributed by atoms with E-state index in [-0.39, 0.29) is 5.56 Å². The number of carboxylic acids is 1. The first kappa shape index (κ1) is 11.1. The summed E-state index contributed by atoms with van der Waals surface area (Å²) in [6.07, 6.45) is 0. The fraction of sp³-hybridized carbons (Fsp3) is 0. The number of halogens is 1. The van der Waals surface area contributed by atoms with Crippen LogP contribution in [0.3, 0.4) is 0 Å². The van der Waals surface area contributed by atoms with E-state index in [9.17, 15) is 14.3 Å². The molecule has 0 aliphatic heterocycles. The quantitative estimate of drug-likeness (QED) is 0.836. The molecule has 0 saturated carbocycles. The van der Waals surface area contributed by atoms with Crippen LogP contribution < -0.4 is 0 Å². The topological polar surface area (TPSA) is 57.5 Å². The van der Waals surface area contributed by atoms with Crippen LogP contribution in [0.5, 0.6) is 5.75 Å². The molecule has 2 N–H and O–H groups in total. The lowest BCUT2D eigenvalue weighted by Gasteiger charge is -2.03. The predicted molar refractivity (Wildman–Crippen MR) is 60.5 cm³/mol. The highest BCUT2D eigenvalue weighted by Crippen LogP contribution is 2.25. The molecule has 86 valence electrons. The van der Waals surface area contributed by atoms with E-state index < -0.39 is 17.5 Å². The number of phenolic OH excluding ortho intramolecular Hbond substituents is 1. The molecule has 0 saturated heterocycles. The van der Waals surface area contributed by atoms with Gasteiger partial charge in [0.2, 0.25) is 0 Å². The molecule has 2 aromatic rings. The standard InChI is InChI=1S/C13H9FO3/c14-11-6-5-10(7-12(11)15)8-1-3-9(4-2-8)13(16)17/h1-7,15H,(H,16,17). The van der Waals surface area contributed by atoms with Crippen molar-refractivity contribution in [2.75, 3.05) is 0 Å². The molecular formula is C13H9FO3. The Labute approximate surface area is 96.8 Å². The SMILES string of the molecule is O=C(O)c1ccc(-c2ccc(F)c(O)c2)cc1. The number of phenols is 1. The van der Waals surface area contributed by atoms with E-state index in [1.165, 1.54) is 24.3 Å². The third-order valence-corrected chi connectivity index (χ3v) is 2.41. The van der Waals surface area contributed by atoms with E-state index in [0.717, 1.165) is 6.07 Å². The molecule has 3 nitrogen and oxygen atoms in total. The average molecular weight is 232 g/mol. The van der Waals surface area contributed by atoms with Crippen molar-refractivity contribution in [1.82, 2.24) is 0 Å². The summed E-state index contributed by atoms with van der Waals surface area (Å²) in [6.45, 7) is 0. The Kier molecular flexibility index (Phi) is 2.78. The molecule has 0 heterocycles. The van der Waals surface area contributed by atoms with Crippen molar-refractivity contribution in [1.29, 1.82) is 0 Å². The zero-order valence-electron chi connectivity index (χ0n) is 8.72. The number of carboxylic acid groups (broad SMARTS) is 1. The Bertz CT molecular complexity index is 561. The summed E-state index contributed by atoms with van der Waals surface area (Å²) in [6, 6.07) is 10.1. The number of hydrogen-bond donors (Lipinski definition) is 2. The maximum absolute atomic E-state index is 12.9. The third kappa shape index (κ3) is 2.25. The molecule has 0 radical (unpaired) electrons. The van der Waals surface area contributed by atoms with Gasteiger partial charge in [-0.15, -0.1) is 0 Å². The molecular weight excluding hydrogens is 223 g/mol. The molecule has 0 atom stereocenters. The van der Waals surface area contributed by atoms with Gasteiger partial charge in [0, 0.05) is 0 Å². The minimum atomic E-state index is -1.00. The van der Waals surface area contributed by atoms with Gasteiger partial charge >= 0.3 is 5.97 Å². The van der Waals surface area contributed by atoms with Gasteiger partial charge in [0.1, 0.15) is 0 Å². The van der Waals surface area contributed by atoms with Crippen LogP contribution in [-0.4, -0.2) is 16.2 Å². The van der Waals surface area contributed by atoms with Crippen molar-refractivity contribution < 1.29 is 19.4 Å². The number of rotatable bonds is 2. The molecule has 0 aliphatic carbocycles. The lowest BCUT2D eigenvalue weighted by Crippen LogP contribution is -1.94. The maximum atomic E-state index is 12.9. The van der Waals surface area contributed by atoms with Gasteiger partial charge in [0.15, 0.2) is 11.6 Å². The van der Waals surface area contributed by atoms with Gasteiger partial charge in [-0.05, 0) is 35.4 Å². The molecule has 4 heteroatoms. The zero-order chi connectivity index (χ0) is 12.4. The summed E-state index contributed by atoms with van der Waals surface area (Å²) in [5, 5.41) is 18.0. The van der Waals surface area contributed by atoms with E-state index in [2.05, 4.69) is 0 Å². The van der Waals surface area contributed by atoms with Gasteiger partial charge in [-0.2, -0.15) is 0 Å². The molecule has 0 spiro atoms. The van der Waals surface area contributed by atoms with E-state index in [1.54, 1.807) is 12.1 Å². The average Bonchev–Trinajstić information content (AvgIpc) is 2.33. The number of benzene rings is 2. The molecule has 0 aliphatic rings. The Morgan fingerprint density at radius 2 is 1.59 bits per heavy atom. The fourth-order valence-electron chi connectivity index (χ4n) is 1.50. The van der Waals surface area contributed by atoms with E-state index in [0.29, 0.717) is 11.1 Å². The molecule has 0 amide bonds. The normalized spacial score (nSPS) is 10.2. The number of aromatic carboxylic acids is 1. The molecule has 0 aromatic heterocycles. The second-order valence-electron chi connectivity index (χ2n) is 3.55. The Hall–Kier alpha value is -2.36. The molecule has 17 heavy (non-hydrogen) atoms. The fourth-order valence-corrected chi connectivity index (χ4v) is 1.50. The maximum Gasteiger partial charge on any atom is 0.335 e. The Morgan fingerprint density at radius 3 is 2.12 bits per heavy atom. The van der Waals surface area contributed by atoms with Gasteiger partial charge in [-0.3, -0.25) is 0 Å². The van der Waals surface area contributed by atoms with Gasteiger partial charge < -0.3 is 10.2 Å². The smallest absolute Gasteiger partial charge is 0.335 e. The predicted octanol–water partition coefficient (Wildman–Crippen LogP) is 2.90. The van der Waals surface area contributed by atoms with Gasteiger partial charge in [-0.25, -0.2) is 9.18 Å². The monoisotopic (exact) mass is 232 g/mol. The van der Waals surface area contributed by atoms with Crippen molar-refractivity contribution in [3.05, 3.63) is 53.8 Å². The van der Waals surface area contributed by atoms with Crippen LogP contribution in [0.25, 0.3) is 11.1 Å². The number of aromatic hydroxyl groups is 1. The number of carbonyl (C=O) groups is 1. The molecule has 0 unspecified atom stereocenters. The molecule has 2 aromatic carbocycles. The van der Waals surface area contributed by atoms with Crippen LogP contribution in [0.4, 0.5) is 4.39 Å². The van der Waals surface area contributed by atoms with Gasteiger partial charge in [0.25, 0.3) is 0 Å². The largest absolute Gasteiger partial charge is 0.505 e. The van der Waals surface area contributed by atoms with Crippen LogP contribution in [0.15, 0.2) is 42.5 Å². The van der Waals surface area contributed by atoms with Crippen molar-refractivity contribution in [2.45, 2.75) is 0 Å². The second-order valence-corrected chi connectivity index (χ2v) is 3.55. The molecule has 0 bridgehead atoms. The van der Waals surface area contributed by atoms with E-state index in [1.807, 2.05) is 0 Å². The lowest BCUT2D eigenvalue weighted by atomic mass is 10.0. The minimum absolute atomic E-state index is 0.181. The zero-order valence-corrected chi connectivity index (χ0v) is 8.72. The van der Waals surface area contributed by atoms with Gasteiger partial charge in [0.05, 0.1) is 5.56 Å². The van der Waals surface area contributed by atoms with Crippen LogP contribution in [0, 0.1) is 5.82 Å². The van der Waals surface area contributed by atoms with Crippen LogP contribution >= 0.6 is 0 Å². The second kappa shape index (κ2) is 4.25. The van der Waals surface area contributed by atoms with Crippen molar-refractivity contribution >= 4 is 5.97 Å². The van der Waals surface area contributed by atoms with Crippen LogP contribution in [0.1, 0.15) is 10.4 Å².